The summed E-state index contributed by atoms with van der Waals surface area (Å²) in [5.41, 5.74) is -3.16. The zero-order chi connectivity index (χ0) is 28.3. The number of aliphatic hydroxyl groups is 1. The monoisotopic (exact) mass is 568 g/mol. The summed E-state index contributed by atoms with van der Waals surface area (Å²) in [7, 11) is -4.86. The van der Waals surface area contributed by atoms with Crippen LogP contribution in [0.2, 0.25) is 0 Å². The van der Waals surface area contributed by atoms with Gasteiger partial charge in [-0.2, -0.15) is 26.3 Å². The Morgan fingerprint density at radius 1 is 0.974 bits per heavy atom. The van der Waals surface area contributed by atoms with Crippen LogP contribution >= 0.6 is 0 Å². The Kier molecular flexibility index (Phi) is 6.75. The van der Waals surface area contributed by atoms with Gasteiger partial charge in [0.05, 0.1) is 16.0 Å². The maximum atomic E-state index is 15.5. The predicted octanol–water partition coefficient (Wildman–Crippen LogP) is 4.96. The number of fused-ring (bicyclic) bond motifs is 1. The first-order valence-electron chi connectivity index (χ1n) is 11.1. The van der Waals surface area contributed by atoms with Crippen LogP contribution in [-0.4, -0.2) is 41.4 Å². The Balaban J connectivity index is 1.45. The van der Waals surface area contributed by atoms with Crippen LogP contribution in [0.3, 0.4) is 0 Å². The SMILES string of the molecule is O=C(NC1CCC(F)(S(=O)(=O)c2cccc(C(F)(F)F)c2)CC1)N1C(=O)c2ccc(C(F)(F)F)cc2C1O. The molecule has 0 bridgehead atoms. The molecule has 15 heteroatoms. The van der Waals surface area contributed by atoms with Crippen LogP contribution in [0.15, 0.2) is 47.4 Å². The summed E-state index contributed by atoms with van der Waals surface area (Å²) in [4.78, 5) is 24.7. The van der Waals surface area contributed by atoms with Crippen molar-refractivity contribution in [3.63, 3.8) is 0 Å². The van der Waals surface area contributed by atoms with E-state index in [1.807, 2.05) is 0 Å². The number of nitrogens with one attached hydrogen (secondary N) is 1. The predicted molar refractivity (Wildman–Crippen MR) is 116 cm³/mol. The number of aliphatic hydroxyl groups excluding tert-OH is 1. The lowest BCUT2D eigenvalue weighted by molar-refractivity contribution is -0.138. The van der Waals surface area contributed by atoms with Gasteiger partial charge in [0.15, 0.2) is 6.23 Å². The number of amides is 3. The normalized spacial score (nSPS) is 24.3. The number of carbonyl (C=O) groups excluding carboxylic acids is 2. The highest BCUT2D eigenvalue weighted by molar-refractivity contribution is 7.92. The zero-order valence-electron chi connectivity index (χ0n) is 19.1. The van der Waals surface area contributed by atoms with Crippen molar-refractivity contribution in [1.29, 1.82) is 0 Å². The lowest BCUT2D eigenvalue weighted by Gasteiger charge is -2.34. The van der Waals surface area contributed by atoms with Crippen molar-refractivity contribution in [2.24, 2.45) is 0 Å². The average Bonchev–Trinajstić information content (AvgIpc) is 3.09. The molecule has 0 aromatic heterocycles. The summed E-state index contributed by atoms with van der Waals surface area (Å²) >= 11 is 0. The first-order chi connectivity index (χ1) is 17.5. The van der Waals surface area contributed by atoms with Gasteiger partial charge in [-0.3, -0.25) is 4.79 Å². The van der Waals surface area contributed by atoms with Crippen LogP contribution in [0.1, 0.15) is 59.0 Å². The molecule has 2 aliphatic rings. The van der Waals surface area contributed by atoms with Gasteiger partial charge in [0.2, 0.25) is 14.8 Å². The number of hydrogen-bond donors (Lipinski definition) is 2. The maximum Gasteiger partial charge on any atom is 0.416 e. The molecule has 0 saturated heterocycles. The van der Waals surface area contributed by atoms with E-state index in [0.717, 1.165) is 18.2 Å². The lowest BCUT2D eigenvalue weighted by atomic mass is 9.93. The average molecular weight is 568 g/mol. The fourth-order valence-corrected chi connectivity index (χ4v) is 6.22. The van der Waals surface area contributed by atoms with Gasteiger partial charge in [0.25, 0.3) is 5.91 Å². The van der Waals surface area contributed by atoms with Crippen LogP contribution < -0.4 is 5.32 Å². The number of carbonyl (C=O) groups is 2. The van der Waals surface area contributed by atoms with Gasteiger partial charge < -0.3 is 10.4 Å². The third-order valence-corrected chi connectivity index (χ3v) is 8.83. The van der Waals surface area contributed by atoms with E-state index in [9.17, 15) is 49.5 Å². The third kappa shape index (κ3) is 4.84. The minimum Gasteiger partial charge on any atom is -0.369 e. The van der Waals surface area contributed by atoms with Crippen molar-refractivity contribution in [2.75, 3.05) is 0 Å². The molecule has 1 saturated carbocycles. The van der Waals surface area contributed by atoms with Crippen LogP contribution in [-0.2, 0) is 22.2 Å². The van der Waals surface area contributed by atoms with Gasteiger partial charge in [0, 0.05) is 17.2 Å². The first-order valence-corrected chi connectivity index (χ1v) is 12.6. The van der Waals surface area contributed by atoms with Crippen LogP contribution in [0.25, 0.3) is 0 Å². The topological polar surface area (TPSA) is 104 Å². The fraction of sp³-hybridized carbons (Fsp3) is 0.391. The lowest BCUT2D eigenvalue weighted by Crippen LogP contribution is -2.49. The molecule has 1 aliphatic heterocycles. The van der Waals surface area contributed by atoms with Gasteiger partial charge in [-0.25, -0.2) is 22.5 Å². The van der Waals surface area contributed by atoms with Crippen molar-refractivity contribution in [1.82, 2.24) is 10.2 Å². The standard InChI is InChI=1S/C23H19F7N2O5S/c24-21(38(36,37)15-3-1-2-12(10-15)22(25,26)27)8-6-14(7-9-21)31-20(35)32-18(33)16-5-4-13(23(28,29)30)11-17(16)19(32)34/h1-5,10-11,14,19,34H,6-9H2,(H,31,35). The van der Waals surface area contributed by atoms with Crippen LogP contribution in [0.4, 0.5) is 35.5 Å². The molecule has 2 N–H and O–H groups in total. The van der Waals surface area contributed by atoms with E-state index >= 15 is 4.39 Å². The molecule has 1 heterocycles. The molecule has 0 spiro atoms. The van der Waals surface area contributed by atoms with E-state index in [2.05, 4.69) is 5.32 Å². The minimum absolute atomic E-state index is 0.288. The van der Waals surface area contributed by atoms with Crippen molar-refractivity contribution < 1.29 is 53.8 Å². The number of halogens is 7. The van der Waals surface area contributed by atoms with E-state index in [4.69, 9.17) is 0 Å². The summed E-state index contributed by atoms with van der Waals surface area (Å²) < 4.78 is 119. The van der Waals surface area contributed by atoms with Crippen molar-refractivity contribution in [3.8, 4) is 0 Å². The molecule has 0 radical (unpaired) electrons. The van der Waals surface area contributed by atoms with E-state index in [1.54, 1.807) is 0 Å². The van der Waals surface area contributed by atoms with E-state index in [-0.39, 0.29) is 18.4 Å². The molecular weight excluding hydrogens is 549 g/mol. The van der Waals surface area contributed by atoms with Crippen molar-refractivity contribution in [2.45, 2.75) is 60.2 Å². The molecule has 1 aliphatic carbocycles. The number of urea groups is 1. The molecule has 7 nitrogen and oxygen atoms in total. The number of nitrogens with zero attached hydrogens (tertiary/aromatic N) is 1. The van der Waals surface area contributed by atoms with Gasteiger partial charge in [0.1, 0.15) is 0 Å². The van der Waals surface area contributed by atoms with Gasteiger partial charge in [-0.05, 0) is 62.1 Å². The Morgan fingerprint density at radius 3 is 2.13 bits per heavy atom. The maximum absolute atomic E-state index is 15.5. The quantitative estimate of drug-likeness (QED) is 0.510. The fourth-order valence-electron chi connectivity index (χ4n) is 4.49. The highest BCUT2D eigenvalue weighted by Gasteiger charge is 2.49. The van der Waals surface area contributed by atoms with E-state index in [0.29, 0.717) is 29.2 Å². The van der Waals surface area contributed by atoms with Crippen molar-refractivity contribution >= 4 is 21.8 Å². The highest BCUT2D eigenvalue weighted by Crippen LogP contribution is 2.42. The van der Waals surface area contributed by atoms with Gasteiger partial charge >= 0.3 is 18.4 Å². The number of benzene rings is 2. The summed E-state index contributed by atoms with van der Waals surface area (Å²) in [6, 6.07) is 2.59. The second kappa shape index (κ2) is 9.22. The number of imide groups is 1. The molecule has 1 unspecified atom stereocenters. The van der Waals surface area contributed by atoms with Gasteiger partial charge in [-0.15, -0.1) is 0 Å². The first kappa shape index (κ1) is 27.8. The van der Waals surface area contributed by atoms with Crippen molar-refractivity contribution in [3.05, 3.63) is 64.7 Å². The third-order valence-electron chi connectivity index (χ3n) is 6.58. The Labute approximate surface area is 211 Å². The van der Waals surface area contributed by atoms with Crippen LogP contribution in [0, 0.1) is 0 Å². The molecule has 3 amide bonds. The molecule has 4 rings (SSSR count). The molecule has 1 fully saturated rings. The number of rotatable bonds is 3. The molecule has 38 heavy (non-hydrogen) atoms. The van der Waals surface area contributed by atoms with E-state index in [1.165, 1.54) is 0 Å². The van der Waals surface area contributed by atoms with E-state index < -0.39 is 85.8 Å². The second-order valence-electron chi connectivity index (χ2n) is 8.98. The Hall–Kier alpha value is -3.20. The smallest absolute Gasteiger partial charge is 0.369 e. The molecular formula is C23H19F7N2O5S. The van der Waals surface area contributed by atoms with Gasteiger partial charge in [-0.1, -0.05) is 6.07 Å². The Morgan fingerprint density at radius 2 is 1.55 bits per heavy atom. The number of alkyl halides is 7. The van der Waals surface area contributed by atoms with Crippen LogP contribution in [0.5, 0.6) is 0 Å². The molecule has 2 aromatic carbocycles. The number of hydrogen-bond acceptors (Lipinski definition) is 5. The highest BCUT2D eigenvalue weighted by atomic mass is 32.2. The minimum atomic E-state index is -4.86. The summed E-state index contributed by atoms with van der Waals surface area (Å²) in [6.07, 6.45) is -13.6. The number of sulfone groups is 1. The summed E-state index contributed by atoms with van der Waals surface area (Å²) in [6.45, 7) is 0. The molecule has 2 aromatic rings. The zero-order valence-corrected chi connectivity index (χ0v) is 19.9. The molecule has 1 atom stereocenters. The second-order valence-corrected chi connectivity index (χ2v) is 11.2. The summed E-state index contributed by atoms with van der Waals surface area (Å²) in [5, 5.41) is 9.76. The molecule has 206 valence electrons. The Bertz CT molecular complexity index is 1380. The largest absolute Gasteiger partial charge is 0.416 e. The summed E-state index contributed by atoms with van der Waals surface area (Å²) in [5.74, 6) is -1.07.